The number of aromatic hydroxyl groups is 1. The lowest BCUT2D eigenvalue weighted by Gasteiger charge is -2.49. The van der Waals surface area contributed by atoms with Crippen LogP contribution in [0.1, 0.15) is 36.8 Å². The summed E-state index contributed by atoms with van der Waals surface area (Å²) in [6.07, 6.45) is 4.35. The molecule has 6 atom stereocenters. The van der Waals surface area contributed by atoms with Crippen molar-refractivity contribution in [3.05, 3.63) is 112 Å². The van der Waals surface area contributed by atoms with Gasteiger partial charge < -0.3 is 5.11 Å². The van der Waals surface area contributed by atoms with Crippen LogP contribution in [0.15, 0.2) is 85.0 Å². The van der Waals surface area contributed by atoms with Crippen molar-refractivity contribution in [2.24, 2.45) is 29.1 Å². The van der Waals surface area contributed by atoms with Gasteiger partial charge in [0, 0.05) is 16.5 Å². The number of carbonyl (C=O) groups excluding carboxylic acids is 4. The van der Waals surface area contributed by atoms with Gasteiger partial charge in [-0.3, -0.25) is 24.1 Å². The number of nitrogens with zero attached hydrogens (tertiary/aromatic N) is 2. The monoisotopic (exact) mass is 658 g/mol. The second-order valence-corrected chi connectivity index (χ2v) is 13.4. The maximum Gasteiger partial charge on any atom is 0.241 e. The first-order chi connectivity index (χ1) is 22.0. The van der Waals surface area contributed by atoms with E-state index in [0.717, 1.165) is 16.5 Å². The van der Waals surface area contributed by atoms with Gasteiger partial charge >= 0.3 is 0 Å². The number of para-hydroxylation sites is 1. The number of benzene rings is 3. The summed E-state index contributed by atoms with van der Waals surface area (Å²) in [5.41, 5.74) is 0.964. The first kappa shape index (κ1) is 30.4. The largest absolute Gasteiger partial charge is 0.507 e. The molecule has 0 radical (unpaired) electrons. The Hall–Kier alpha value is -4.27. The SMILES string of the molecule is C=CCc1cccc(C2C3=CCC4C(=O)N(c5ccc(Cl)cc5)C(=O)C4C3CC3C(=O)N(c4ccc(F)c(Cl)c4)C(=O)C32C)c1O. The maximum atomic E-state index is 14.6. The molecule has 3 aromatic carbocycles. The summed E-state index contributed by atoms with van der Waals surface area (Å²) in [5, 5.41) is 11.8. The standard InChI is InChI=1S/C36H29Cl2FN2O5/c1-3-5-18-6-4-7-24(31(18)42)30-22-13-14-23-29(34(45)40(32(23)43)20-10-8-19(37)9-11-20)25(22)17-26-33(44)41(35(46)36(26,30)2)21-12-15-28(39)27(38)16-21/h3-4,6-13,15-16,23,25-26,29-30,42H,1,5,14,17H2,2H3. The molecule has 2 aliphatic heterocycles. The summed E-state index contributed by atoms with van der Waals surface area (Å²) in [4.78, 5) is 59.1. The Labute approximate surface area is 274 Å². The van der Waals surface area contributed by atoms with Crippen molar-refractivity contribution in [2.75, 3.05) is 9.80 Å². The third-order valence-electron chi connectivity index (χ3n) is 10.3. The van der Waals surface area contributed by atoms with Crippen LogP contribution in [0.2, 0.25) is 10.0 Å². The Morgan fingerprint density at radius 3 is 2.37 bits per heavy atom. The van der Waals surface area contributed by atoms with Crippen molar-refractivity contribution in [3.8, 4) is 5.75 Å². The summed E-state index contributed by atoms with van der Waals surface area (Å²) in [6.45, 7) is 5.51. The number of phenols is 1. The first-order valence-corrected chi connectivity index (χ1v) is 15.8. The number of imide groups is 2. The molecule has 0 bridgehead atoms. The lowest BCUT2D eigenvalue weighted by atomic mass is 9.51. The lowest BCUT2D eigenvalue weighted by Crippen LogP contribution is -2.49. The summed E-state index contributed by atoms with van der Waals surface area (Å²) in [7, 11) is 0. The molecule has 0 aromatic heterocycles. The molecule has 4 aliphatic rings. The van der Waals surface area contributed by atoms with Gasteiger partial charge in [-0.2, -0.15) is 0 Å². The molecule has 1 N–H and O–H groups in total. The number of hydrogen-bond donors (Lipinski definition) is 1. The van der Waals surface area contributed by atoms with Crippen LogP contribution in [0.4, 0.5) is 15.8 Å². The molecular weight excluding hydrogens is 630 g/mol. The van der Waals surface area contributed by atoms with Gasteiger partial charge in [0.2, 0.25) is 23.6 Å². The Kier molecular flexibility index (Phi) is 7.21. The van der Waals surface area contributed by atoms with E-state index in [4.69, 9.17) is 23.2 Å². The van der Waals surface area contributed by atoms with Gasteiger partial charge in [0.05, 0.1) is 39.6 Å². The second kappa shape index (κ2) is 10.9. The first-order valence-electron chi connectivity index (χ1n) is 15.1. The molecule has 6 unspecified atom stereocenters. The molecule has 1 saturated carbocycles. The fraction of sp³-hybridized carbons (Fsp3) is 0.278. The van der Waals surface area contributed by atoms with Crippen molar-refractivity contribution in [1.29, 1.82) is 0 Å². The van der Waals surface area contributed by atoms with E-state index < -0.39 is 52.6 Å². The Bertz CT molecular complexity index is 1890. The van der Waals surface area contributed by atoms with E-state index in [1.807, 2.05) is 6.08 Å². The minimum absolute atomic E-state index is 0.0174. The third-order valence-corrected chi connectivity index (χ3v) is 10.9. The van der Waals surface area contributed by atoms with E-state index >= 15 is 0 Å². The van der Waals surface area contributed by atoms with Crippen molar-refractivity contribution in [2.45, 2.75) is 32.1 Å². The van der Waals surface area contributed by atoms with Crippen LogP contribution < -0.4 is 9.80 Å². The van der Waals surface area contributed by atoms with Crippen LogP contribution in [0.5, 0.6) is 5.75 Å². The molecule has 7 nitrogen and oxygen atoms in total. The molecule has 2 aliphatic carbocycles. The molecule has 2 heterocycles. The van der Waals surface area contributed by atoms with Crippen molar-refractivity contribution < 1.29 is 28.7 Å². The van der Waals surface area contributed by atoms with Crippen LogP contribution in [-0.2, 0) is 25.6 Å². The molecule has 2 saturated heterocycles. The molecule has 0 spiro atoms. The minimum atomic E-state index is -1.38. The van der Waals surface area contributed by atoms with Gasteiger partial charge in [-0.25, -0.2) is 9.29 Å². The Morgan fingerprint density at radius 2 is 1.67 bits per heavy atom. The normalized spacial score (nSPS) is 28.6. The molecule has 7 rings (SSSR count). The minimum Gasteiger partial charge on any atom is -0.507 e. The predicted molar refractivity (Wildman–Crippen MR) is 172 cm³/mol. The Morgan fingerprint density at radius 1 is 0.957 bits per heavy atom. The summed E-state index contributed by atoms with van der Waals surface area (Å²) in [6, 6.07) is 15.4. The van der Waals surface area contributed by atoms with E-state index in [-0.39, 0.29) is 41.1 Å². The van der Waals surface area contributed by atoms with Crippen LogP contribution >= 0.6 is 23.2 Å². The smallest absolute Gasteiger partial charge is 0.241 e. The molecule has 3 aromatic rings. The second-order valence-electron chi connectivity index (χ2n) is 12.6. The number of fused-ring (bicyclic) bond motifs is 4. The molecule has 4 amide bonds. The zero-order chi connectivity index (χ0) is 32.7. The summed E-state index contributed by atoms with van der Waals surface area (Å²) < 4.78 is 14.1. The average Bonchev–Trinajstić information content (AvgIpc) is 3.40. The lowest BCUT2D eigenvalue weighted by molar-refractivity contribution is -0.131. The molecule has 46 heavy (non-hydrogen) atoms. The number of hydrogen-bond acceptors (Lipinski definition) is 5. The number of amides is 4. The number of phenolic OH excluding ortho intramolecular Hbond substituents is 1. The summed E-state index contributed by atoms with van der Waals surface area (Å²) >= 11 is 12.1. The zero-order valence-corrected chi connectivity index (χ0v) is 26.3. The molecule has 234 valence electrons. The number of halogens is 3. The highest BCUT2D eigenvalue weighted by molar-refractivity contribution is 6.32. The van der Waals surface area contributed by atoms with Gasteiger partial charge in [0.15, 0.2) is 0 Å². The Balaban J connectivity index is 1.39. The summed E-state index contributed by atoms with van der Waals surface area (Å²) in [5.74, 6) is -6.13. The van der Waals surface area contributed by atoms with Gasteiger partial charge in [-0.1, -0.05) is 59.1 Å². The van der Waals surface area contributed by atoms with Crippen molar-refractivity contribution >= 4 is 58.2 Å². The van der Waals surface area contributed by atoms with Gasteiger partial charge in [-0.15, -0.1) is 6.58 Å². The van der Waals surface area contributed by atoms with Crippen LogP contribution in [0.3, 0.4) is 0 Å². The van der Waals surface area contributed by atoms with E-state index in [1.54, 1.807) is 55.5 Å². The number of anilines is 2. The van der Waals surface area contributed by atoms with E-state index in [2.05, 4.69) is 6.58 Å². The third kappa shape index (κ3) is 4.23. The van der Waals surface area contributed by atoms with Gasteiger partial charge in [0.25, 0.3) is 0 Å². The van der Waals surface area contributed by atoms with E-state index in [0.29, 0.717) is 28.3 Å². The fourth-order valence-electron chi connectivity index (χ4n) is 8.24. The van der Waals surface area contributed by atoms with Crippen molar-refractivity contribution in [3.63, 3.8) is 0 Å². The highest BCUT2D eigenvalue weighted by atomic mass is 35.5. The van der Waals surface area contributed by atoms with Gasteiger partial charge in [0.1, 0.15) is 11.6 Å². The molecule has 10 heteroatoms. The maximum absolute atomic E-state index is 14.6. The fourth-order valence-corrected chi connectivity index (χ4v) is 8.54. The van der Waals surface area contributed by atoms with Crippen LogP contribution in [-0.4, -0.2) is 28.7 Å². The van der Waals surface area contributed by atoms with Crippen LogP contribution in [0, 0.1) is 34.9 Å². The number of carbonyl (C=O) groups is 4. The highest BCUT2D eigenvalue weighted by Gasteiger charge is 2.68. The predicted octanol–water partition coefficient (Wildman–Crippen LogP) is 7.00. The topological polar surface area (TPSA) is 95.0 Å². The molecular formula is C36H29Cl2FN2O5. The highest BCUT2D eigenvalue weighted by Crippen LogP contribution is 2.64. The average molecular weight is 660 g/mol. The van der Waals surface area contributed by atoms with E-state index in [1.165, 1.54) is 17.0 Å². The van der Waals surface area contributed by atoms with Gasteiger partial charge in [-0.05, 0) is 80.1 Å². The van der Waals surface area contributed by atoms with Crippen molar-refractivity contribution in [1.82, 2.24) is 0 Å². The quantitative estimate of drug-likeness (QED) is 0.235. The number of allylic oxidation sites excluding steroid dienone is 3. The number of rotatable bonds is 5. The molecule has 3 fully saturated rings. The van der Waals surface area contributed by atoms with Crippen LogP contribution in [0.25, 0.3) is 0 Å². The zero-order valence-electron chi connectivity index (χ0n) is 24.8. The van der Waals surface area contributed by atoms with E-state index in [9.17, 15) is 28.7 Å².